The fourth-order valence-corrected chi connectivity index (χ4v) is 6.05. The van der Waals surface area contributed by atoms with Crippen molar-refractivity contribution in [1.29, 1.82) is 0 Å². The molecule has 0 aromatic carbocycles. The third-order valence-electron chi connectivity index (χ3n) is 8.21. The molecule has 1 saturated heterocycles. The zero-order chi connectivity index (χ0) is 23.7. The first-order valence-corrected chi connectivity index (χ1v) is 12.6. The van der Waals surface area contributed by atoms with E-state index in [1.54, 1.807) is 0 Å². The molecule has 4 fully saturated rings. The van der Waals surface area contributed by atoms with Gasteiger partial charge >= 0.3 is 7.12 Å². The van der Waals surface area contributed by atoms with Crippen LogP contribution >= 0.6 is 0 Å². The summed E-state index contributed by atoms with van der Waals surface area (Å²) in [5.41, 5.74) is 6.06. The van der Waals surface area contributed by atoms with E-state index in [1.807, 2.05) is 0 Å². The van der Waals surface area contributed by atoms with Crippen LogP contribution in [-0.2, 0) is 18.9 Å². The van der Waals surface area contributed by atoms with Crippen LogP contribution in [0.3, 0.4) is 0 Å². The van der Waals surface area contributed by atoms with Crippen molar-refractivity contribution in [3.63, 3.8) is 0 Å². The number of carbonyl (C=O) groups is 2. The second-order valence-corrected chi connectivity index (χ2v) is 11.4. The second kappa shape index (κ2) is 10.0. The van der Waals surface area contributed by atoms with Gasteiger partial charge in [-0.1, -0.05) is 47.5 Å². The molecule has 3 saturated carbocycles. The van der Waals surface area contributed by atoms with Gasteiger partial charge in [-0.2, -0.15) is 0 Å². The van der Waals surface area contributed by atoms with Crippen LogP contribution in [0.15, 0.2) is 0 Å². The van der Waals surface area contributed by atoms with E-state index in [1.165, 1.54) is 6.42 Å². The molecular formula is C24H44BN3O4. The van der Waals surface area contributed by atoms with Crippen LogP contribution in [0.4, 0.5) is 0 Å². The van der Waals surface area contributed by atoms with Crippen molar-refractivity contribution in [2.24, 2.45) is 28.9 Å². The highest BCUT2D eigenvalue weighted by Crippen LogP contribution is 2.65. The molecule has 4 N–H and O–H groups in total. The summed E-state index contributed by atoms with van der Waals surface area (Å²) in [4.78, 5) is 24.8. The summed E-state index contributed by atoms with van der Waals surface area (Å²) in [6, 6.07) is -0.800. The summed E-state index contributed by atoms with van der Waals surface area (Å²) in [5.74, 6) is 0.923. The number of carbonyl (C=O) groups excluding carboxylic acids is 2. The maximum atomic E-state index is 12.8. The minimum Gasteiger partial charge on any atom is -0.404 e. The number of nitrogens with one attached hydrogen (secondary N) is 2. The Morgan fingerprint density at radius 1 is 1.19 bits per heavy atom. The van der Waals surface area contributed by atoms with Gasteiger partial charge in [0.05, 0.1) is 17.6 Å². The van der Waals surface area contributed by atoms with Gasteiger partial charge in [-0.3, -0.25) is 9.59 Å². The van der Waals surface area contributed by atoms with Crippen LogP contribution in [0.1, 0.15) is 86.5 Å². The fourth-order valence-electron chi connectivity index (χ4n) is 6.05. The van der Waals surface area contributed by atoms with Crippen LogP contribution < -0.4 is 16.4 Å². The predicted octanol–water partition coefficient (Wildman–Crippen LogP) is 2.81. The number of nitrogens with two attached hydrogens (primary N) is 1. The van der Waals surface area contributed by atoms with E-state index in [9.17, 15) is 9.59 Å². The van der Waals surface area contributed by atoms with E-state index in [2.05, 4.69) is 52.2 Å². The Hall–Kier alpha value is -1.12. The largest absolute Gasteiger partial charge is 0.481 e. The van der Waals surface area contributed by atoms with Crippen LogP contribution in [0.25, 0.3) is 0 Å². The number of hydrogen-bond acceptors (Lipinski definition) is 5. The molecule has 6 atom stereocenters. The first kappa shape index (κ1) is 25.5. The average molecular weight is 449 g/mol. The lowest BCUT2D eigenvalue weighted by Crippen LogP contribution is -2.65. The first-order valence-electron chi connectivity index (χ1n) is 12.6. The average Bonchev–Trinajstić information content (AvgIpc) is 3.08. The Balaban J connectivity index is 1.56. The third-order valence-corrected chi connectivity index (χ3v) is 8.21. The molecule has 4 rings (SSSR count). The maximum absolute atomic E-state index is 12.8. The van der Waals surface area contributed by atoms with Crippen LogP contribution in [0, 0.1) is 23.2 Å². The summed E-state index contributed by atoms with van der Waals surface area (Å²) >= 11 is 0. The van der Waals surface area contributed by atoms with Crippen molar-refractivity contribution in [3.8, 4) is 0 Å². The van der Waals surface area contributed by atoms with Crippen molar-refractivity contribution in [1.82, 2.24) is 10.6 Å². The standard InChI is InChI=1S/C24H44BN3O4/c1-7-8-9-10-21(29)27-14-17(26)22(30)28-20(11-15(2)3)25-31-19-13-16-12-18(23(16,4)5)24(19,6)32-25/h15-20H,7-14,26H2,1-6H3,(H,27,29)(H,28,30)/t16-,17-,18-,19+,20-,24-/m0/s1. The minimum absolute atomic E-state index is 0.0542. The molecule has 0 spiro atoms. The van der Waals surface area contributed by atoms with Gasteiger partial charge < -0.3 is 25.7 Å². The van der Waals surface area contributed by atoms with Crippen molar-refractivity contribution in [2.45, 2.75) is 110 Å². The van der Waals surface area contributed by atoms with E-state index in [-0.39, 0.29) is 41.4 Å². The Labute approximate surface area is 194 Å². The summed E-state index contributed by atoms with van der Waals surface area (Å²) in [7, 11) is -0.470. The lowest BCUT2D eigenvalue weighted by Gasteiger charge is -2.64. The monoisotopic (exact) mass is 449 g/mol. The number of unbranched alkanes of at least 4 members (excludes halogenated alkanes) is 2. The van der Waals surface area contributed by atoms with Gasteiger partial charge in [0.15, 0.2) is 0 Å². The van der Waals surface area contributed by atoms with Crippen LogP contribution in [0.2, 0.25) is 0 Å². The van der Waals surface area contributed by atoms with Gasteiger partial charge in [0.1, 0.15) is 6.04 Å². The van der Waals surface area contributed by atoms with Gasteiger partial charge in [-0.15, -0.1) is 0 Å². The maximum Gasteiger partial charge on any atom is 0.481 e. The first-order chi connectivity index (χ1) is 15.0. The predicted molar refractivity (Wildman–Crippen MR) is 127 cm³/mol. The summed E-state index contributed by atoms with van der Waals surface area (Å²) in [6.07, 6.45) is 6.45. The summed E-state index contributed by atoms with van der Waals surface area (Å²) < 4.78 is 13.0. The normalized spacial score (nSPS) is 32.1. The molecule has 0 radical (unpaired) electrons. The lowest BCUT2D eigenvalue weighted by atomic mass is 9.43. The minimum atomic E-state index is -0.800. The molecule has 0 aromatic heterocycles. The van der Waals surface area contributed by atoms with Gasteiger partial charge in [0, 0.05) is 13.0 Å². The van der Waals surface area contributed by atoms with Crippen molar-refractivity contribution < 1.29 is 18.9 Å². The molecule has 3 aliphatic carbocycles. The molecule has 2 bridgehead atoms. The van der Waals surface area contributed by atoms with Gasteiger partial charge in [0.2, 0.25) is 11.8 Å². The van der Waals surface area contributed by atoms with E-state index in [4.69, 9.17) is 15.0 Å². The molecule has 182 valence electrons. The Morgan fingerprint density at radius 3 is 2.53 bits per heavy atom. The molecule has 0 aromatic rings. The van der Waals surface area contributed by atoms with Crippen molar-refractivity contribution in [2.75, 3.05) is 6.54 Å². The molecule has 1 aliphatic heterocycles. The third kappa shape index (κ3) is 5.17. The fraction of sp³-hybridized carbons (Fsp3) is 0.917. The smallest absolute Gasteiger partial charge is 0.404 e. The molecule has 2 amide bonds. The Morgan fingerprint density at radius 2 is 1.91 bits per heavy atom. The van der Waals surface area contributed by atoms with E-state index in [0.29, 0.717) is 24.2 Å². The second-order valence-electron chi connectivity index (χ2n) is 11.4. The lowest BCUT2D eigenvalue weighted by molar-refractivity contribution is -0.199. The summed E-state index contributed by atoms with van der Waals surface area (Å²) in [6.45, 7) is 13.4. The van der Waals surface area contributed by atoms with Crippen molar-refractivity contribution >= 4 is 18.9 Å². The molecule has 1 heterocycles. The summed E-state index contributed by atoms with van der Waals surface area (Å²) in [5, 5.41) is 5.86. The molecular weight excluding hydrogens is 405 g/mol. The zero-order valence-electron chi connectivity index (χ0n) is 20.9. The topological polar surface area (TPSA) is 103 Å². The van der Waals surface area contributed by atoms with E-state index < -0.39 is 13.2 Å². The molecule has 7 nitrogen and oxygen atoms in total. The zero-order valence-corrected chi connectivity index (χ0v) is 20.9. The van der Waals surface area contributed by atoms with E-state index >= 15 is 0 Å². The number of rotatable bonds is 11. The number of amides is 2. The highest BCUT2D eigenvalue weighted by molar-refractivity contribution is 6.47. The molecule has 0 unspecified atom stereocenters. The van der Waals surface area contributed by atoms with Crippen LogP contribution in [0.5, 0.6) is 0 Å². The molecule has 8 heteroatoms. The quantitative estimate of drug-likeness (QED) is 0.333. The Bertz CT molecular complexity index is 688. The number of hydrogen-bond donors (Lipinski definition) is 3. The van der Waals surface area contributed by atoms with Gasteiger partial charge in [-0.05, 0) is 55.8 Å². The highest BCUT2D eigenvalue weighted by atomic mass is 16.7. The van der Waals surface area contributed by atoms with Gasteiger partial charge in [-0.25, -0.2) is 0 Å². The van der Waals surface area contributed by atoms with Crippen LogP contribution in [-0.4, -0.2) is 49.2 Å². The molecule has 32 heavy (non-hydrogen) atoms. The highest BCUT2D eigenvalue weighted by Gasteiger charge is 2.68. The molecule has 4 aliphatic rings. The Kier molecular flexibility index (Phi) is 7.99. The SMILES string of the molecule is CCCCCC(=O)NC[C@H](N)C(=O)N[C@@H](CC(C)C)B1O[C@@H]2C[C@@H]3C[C@@H](C3(C)C)[C@]2(C)O1. The van der Waals surface area contributed by atoms with Gasteiger partial charge in [0.25, 0.3) is 0 Å². The van der Waals surface area contributed by atoms with E-state index in [0.717, 1.165) is 32.1 Å². The van der Waals surface area contributed by atoms with Crippen molar-refractivity contribution in [3.05, 3.63) is 0 Å².